The van der Waals surface area contributed by atoms with Crippen LogP contribution in [0.4, 0.5) is 0 Å². The average molecular weight is 332 g/mol. The van der Waals surface area contributed by atoms with E-state index in [1.807, 2.05) is 45.0 Å². The highest BCUT2D eigenvalue weighted by molar-refractivity contribution is 5.89. The summed E-state index contributed by atoms with van der Waals surface area (Å²) >= 11 is 0. The van der Waals surface area contributed by atoms with Gasteiger partial charge in [0.05, 0.1) is 13.2 Å². The van der Waals surface area contributed by atoms with Crippen molar-refractivity contribution in [3.05, 3.63) is 29.8 Å². The number of carbonyl (C=O) groups excluding carboxylic acids is 2. The number of nitrogens with one attached hydrogen (secondary N) is 2. The molecule has 0 spiro atoms. The van der Waals surface area contributed by atoms with E-state index in [1.165, 1.54) is 0 Å². The molecule has 2 unspecified atom stereocenters. The van der Waals surface area contributed by atoms with Crippen molar-refractivity contribution in [1.82, 2.24) is 10.6 Å². The van der Waals surface area contributed by atoms with Crippen LogP contribution in [0.3, 0.4) is 0 Å². The van der Waals surface area contributed by atoms with Crippen LogP contribution in [0.5, 0.6) is 5.75 Å². The van der Waals surface area contributed by atoms with Gasteiger partial charge in [0.15, 0.2) is 0 Å². The summed E-state index contributed by atoms with van der Waals surface area (Å²) in [5.41, 5.74) is 0.557. The van der Waals surface area contributed by atoms with Crippen molar-refractivity contribution in [1.29, 1.82) is 0 Å². The Kier molecular flexibility index (Phi) is 5.52. The monoisotopic (exact) mass is 332 g/mol. The molecule has 1 aromatic rings. The Bertz CT molecular complexity index is 586. The number of ether oxygens (including phenoxy) is 1. The third kappa shape index (κ3) is 4.73. The van der Waals surface area contributed by atoms with Crippen LogP contribution >= 0.6 is 0 Å². The Morgan fingerprint density at radius 3 is 2.17 bits per heavy atom. The molecule has 5 nitrogen and oxygen atoms in total. The zero-order valence-corrected chi connectivity index (χ0v) is 15.2. The molecular formula is C19H28N2O3. The van der Waals surface area contributed by atoms with E-state index in [1.54, 1.807) is 14.0 Å². The first-order chi connectivity index (χ1) is 11.2. The summed E-state index contributed by atoms with van der Waals surface area (Å²) in [6.45, 7) is 7.21. The Labute approximate surface area is 144 Å². The summed E-state index contributed by atoms with van der Waals surface area (Å²) in [6.07, 6.45) is 2.22. The van der Waals surface area contributed by atoms with Gasteiger partial charge < -0.3 is 15.4 Å². The lowest BCUT2D eigenvalue weighted by Gasteiger charge is -2.24. The van der Waals surface area contributed by atoms with Crippen molar-refractivity contribution in [2.45, 2.75) is 52.6 Å². The fourth-order valence-corrected chi connectivity index (χ4v) is 2.47. The number of hydrogen-bond acceptors (Lipinski definition) is 3. The first-order valence-corrected chi connectivity index (χ1v) is 8.47. The van der Waals surface area contributed by atoms with E-state index in [4.69, 9.17) is 4.74 Å². The van der Waals surface area contributed by atoms with Crippen molar-refractivity contribution < 1.29 is 14.3 Å². The molecule has 0 saturated heterocycles. The van der Waals surface area contributed by atoms with Gasteiger partial charge in [0.1, 0.15) is 11.8 Å². The van der Waals surface area contributed by atoms with E-state index >= 15 is 0 Å². The molecule has 0 heterocycles. The summed E-state index contributed by atoms with van der Waals surface area (Å²) < 4.78 is 5.19. The molecule has 2 atom stereocenters. The molecule has 0 radical (unpaired) electrons. The zero-order chi connectivity index (χ0) is 17.9. The van der Waals surface area contributed by atoms with Crippen molar-refractivity contribution in [3.8, 4) is 5.75 Å². The quantitative estimate of drug-likeness (QED) is 0.842. The maximum absolute atomic E-state index is 12.5. The summed E-state index contributed by atoms with van der Waals surface area (Å²) in [4.78, 5) is 24.5. The molecule has 5 heteroatoms. The number of rotatable bonds is 6. The van der Waals surface area contributed by atoms with Crippen molar-refractivity contribution in [3.63, 3.8) is 0 Å². The second-order valence-corrected chi connectivity index (χ2v) is 7.54. The fraction of sp³-hybridized carbons (Fsp3) is 0.579. The van der Waals surface area contributed by atoms with Crippen LogP contribution < -0.4 is 15.4 Å². The molecule has 1 aliphatic rings. The van der Waals surface area contributed by atoms with Gasteiger partial charge in [0.25, 0.3) is 0 Å². The van der Waals surface area contributed by atoms with Gasteiger partial charge in [-0.05, 0) is 43.4 Å². The number of amides is 2. The molecule has 2 N–H and O–H groups in total. The molecule has 0 aromatic heterocycles. The molecule has 1 aliphatic carbocycles. The molecule has 1 aromatic carbocycles. The highest BCUT2D eigenvalue weighted by Crippen LogP contribution is 2.41. The normalized spacial score (nSPS) is 16.9. The SMILES string of the molecule is COc1ccc(C(NC(=O)C(C)NC(=O)C(C)(C)C)C2CC2)cc1. The Balaban J connectivity index is 2.02. The molecule has 0 aliphatic heterocycles. The van der Waals surface area contributed by atoms with Crippen molar-refractivity contribution in [2.24, 2.45) is 11.3 Å². The zero-order valence-electron chi connectivity index (χ0n) is 15.2. The van der Waals surface area contributed by atoms with Crippen LogP contribution in [0.1, 0.15) is 52.1 Å². The number of carbonyl (C=O) groups is 2. The van der Waals surface area contributed by atoms with E-state index in [9.17, 15) is 9.59 Å². The largest absolute Gasteiger partial charge is 0.497 e. The lowest BCUT2D eigenvalue weighted by atomic mass is 9.95. The van der Waals surface area contributed by atoms with E-state index in [0.717, 1.165) is 24.2 Å². The molecule has 2 amide bonds. The second-order valence-electron chi connectivity index (χ2n) is 7.54. The summed E-state index contributed by atoms with van der Waals surface area (Å²) in [7, 11) is 1.63. The maximum Gasteiger partial charge on any atom is 0.242 e. The van der Waals surface area contributed by atoms with Gasteiger partial charge in [0, 0.05) is 5.41 Å². The average Bonchev–Trinajstić information content (AvgIpc) is 3.36. The van der Waals surface area contributed by atoms with Gasteiger partial charge in [0.2, 0.25) is 11.8 Å². The summed E-state index contributed by atoms with van der Waals surface area (Å²) in [5.74, 6) is 0.983. The van der Waals surface area contributed by atoms with Gasteiger partial charge >= 0.3 is 0 Å². The molecule has 2 rings (SSSR count). The van der Waals surface area contributed by atoms with E-state index < -0.39 is 11.5 Å². The second kappa shape index (κ2) is 7.24. The van der Waals surface area contributed by atoms with Gasteiger partial charge in [-0.1, -0.05) is 32.9 Å². The van der Waals surface area contributed by atoms with Gasteiger partial charge in [-0.2, -0.15) is 0 Å². The van der Waals surface area contributed by atoms with Crippen LogP contribution in [0, 0.1) is 11.3 Å². The van der Waals surface area contributed by atoms with Gasteiger partial charge in [-0.15, -0.1) is 0 Å². The first kappa shape index (κ1) is 18.3. The Morgan fingerprint density at radius 1 is 1.12 bits per heavy atom. The molecule has 0 bridgehead atoms. The van der Waals surface area contributed by atoms with Gasteiger partial charge in [-0.3, -0.25) is 9.59 Å². The minimum atomic E-state index is -0.559. The van der Waals surface area contributed by atoms with E-state index in [2.05, 4.69) is 10.6 Å². The van der Waals surface area contributed by atoms with E-state index in [-0.39, 0.29) is 17.9 Å². The molecule has 24 heavy (non-hydrogen) atoms. The lowest BCUT2D eigenvalue weighted by molar-refractivity contribution is -0.133. The minimum absolute atomic E-state index is 0.0163. The van der Waals surface area contributed by atoms with Crippen LogP contribution in [-0.4, -0.2) is 25.0 Å². The minimum Gasteiger partial charge on any atom is -0.497 e. The molecule has 1 fully saturated rings. The number of methoxy groups -OCH3 is 1. The predicted molar refractivity (Wildman–Crippen MR) is 93.7 cm³/mol. The van der Waals surface area contributed by atoms with Crippen LogP contribution in [-0.2, 0) is 9.59 Å². The number of hydrogen-bond donors (Lipinski definition) is 2. The maximum atomic E-state index is 12.5. The highest BCUT2D eigenvalue weighted by Gasteiger charge is 2.34. The first-order valence-electron chi connectivity index (χ1n) is 8.47. The summed E-state index contributed by atoms with van der Waals surface area (Å²) in [6, 6.07) is 7.21. The van der Waals surface area contributed by atoms with Crippen molar-refractivity contribution >= 4 is 11.8 Å². The Hall–Kier alpha value is -2.04. The number of benzene rings is 1. The van der Waals surface area contributed by atoms with E-state index in [0.29, 0.717) is 5.92 Å². The third-order valence-corrected chi connectivity index (χ3v) is 4.29. The smallest absolute Gasteiger partial charge is 0.242 e. The highest BCUT2D eigenvalue weighted by atomic mass is 16.5. The lowest BCUT2D eigenvalue weighted by Crippen LogP contribution is -2.49. The predicted octanol–water partition coefficient (Wildman–Crippen LogP) is 2.81. The van der Waals surface area contributed by atoms with Crippen LogP contribution in [0.25, 0.3) is 0 Å². The molecule has 1 saturated carbocycles. The van der Waals surface area contributed by atoms with Crippen LogP contribution in [0.2, 0.25) is 0 Å². The third-order valence-electron chi connectivity index (χ3n) is 4.29. The molecular weight excluding hydrogens is 304 g/mol. The summed E-state index contributed by atoms with van der Waals surface area (Å²) in [5, 5.41) is 5.88. The van der Waals surface area contributed by atoms with Crippen LogP contribution in [0.15, 0.2) is 24.3 Å². The molecule has 132 valence electrons. The topological polar surface area (TPSA) is 67.4 Å². The fourth-order valence-electron chi connectivity index (χ4n) is 2.47. The van der Waals surface area contributed by atoms with Gasteiger partial charge in [-0.25, -0.2) is 0 Å². The standard InChI is InChI=1S/C19H28N2O3/c1-12(20-18(23)19(2,3)4)17(22)21-16(13-6-7-13)14-8-10-15(24-5)11-9-14/h8-13,16H,6-7H2,1-5H3,(H,20,23)(H,21,22). The Morgan fingerprint density at radius 2 is 1.71 bits per heavy atom. The van der Waals surface area contributed by atoms with Crippen molar-refractivity contribution in [2.75, 3.05) is 7.11 Å².